The topological polar surface area (TPSA) is 271 Å². The van der Waals surface area contributed by atoms with Crippen LogP contribution in [0.5, 0.6) is 5.75 Å². The van der Waals surface area contributed by atoms with Crippen molar-refractivity contribution in [1.82, 2.24) is 16.0 Å². The molecule has 1 rings (SSSR count). The summed E-state index contributed by atoms with van der Waals surface area (Å²) in [6, 6.07) is -0.964. The van der Waals surface area contributed by atoms with E-state index in [2.05, 4.69) is 10.6 Å². The van der Waals surface area contributed by atoms with Crippen LogP contribution in [0.15, 0.2) is 24.3 Å². The summed E-state index contributed by atoms with van der Waals surface area (Å²) in [5, 5.41) is 43.1. The summed E-state index contributed by atoms with van der Waals surface area (Å²) in [5.41, 5.74) is 10.8. The van der Waals surface area contributed by atoms with Gasteiger partial charge in [0.15, 0.2) is 0 Å². The highest BCUT2D eigenvalue weighted by atomic mass is 16.4. The smallest absolute Gasteiger partial charge is 0.326 e. The molecule has 11 N–H and O–H groups in total. The summed E-state index contributed by atoms with van der Waals surface area (Å²) in [4.78, 5) is 71.3. The number of aliphatic hydroxyl groups excluding tert-OH is 1. The van der Waals surface area contributed by atoms with Crippen molar-refractivity contribution in [2.45, 2.75) is 43.4 Å². The number of aliphatic carboxylic acids is 2. The predicted octanol–water partition coefficient (Wildman–Crippen LogP) is -3.86. The van der Waals surface area contributed by atoms with E-state index in [-0.39, 0.29) is 12.2 Å². The number of carbonyl (C=O) groups is 6. The number of primary amides is 1. The van der Waals surface area contributed by atoms with E-state index >= 15 is 0 Å². The van der Waals surface area contributed by atoms with E-state index in [1.54, 1.807) is 0 Å². The van der Waals surface area contributed by atoms with Gasteiger partial charge in [0.1, 0.15) is 29.9 Å². The monoisotopic (exact) mass is 497 g/mol. The van der Waals surface area contributed by atoms with Crippen molar-refractivity contribution in [2.75, 3.05) is 6.61 Å². The first-order valence-electron chi connectivity index (χ1n) is 10.1. The van der Waals surface area contributed by atoms with Crippen molar-refractivity contribution in [3.05, 3.63) is 29.8 Å². The Morgan fingerprint density at radius 3 is 1.74 bits per heavy atom. The van der Waals surface area contributed by atoms with Crippen LogP contribution in [0.3, 0.4) is 0 Å². The van der Waals surface area contributed by atoms with Crippen molar-refractivity contribution in [3.63, 3.8) is 0 Å². The molecule has 0 saturated carbocycles. The number of amides is 4. The van der Waals surface area contributed by atoms with Crippen LogP contribution in [-0.2, 0) is 35.2 Å². The fourth-order valence-electron chi connectivity index (χ4n) is 2.77. The summed E-state index contributed by atoms with van der Waals surface area (Å²) in [5.74, 6) is -7.42. The quantitative estimate of drug-likeness (QED) is 0.120. The fraction of sp³-hybridized carbons (Fsp3) is 0.400. The summed E-state index contributed by atoms with van der Waals surface area (Å²) in [6.45, 7) is -0.779. The number of benzene rings is 1. The Hall–Kier alpha value is -4.24. The van der Waals surface area contributed by atoms with Crippen LogP contribution in [0.2, 0.25) is 0 Å². The number of phenols is 1. The van der Waals surface area contributed by atoms with E-state index in [1.807, 2.05) is 5.32 Å². The number of rotatable bonds is 14. The summed E-state index contributed by atoms with van der Waals surface area (Å²) >= 11 is 0. The van der Waals surface area contributed by atoms with Crippen LogP contribution in [0.25, 0.3) is 0 Å². The molecule has 15 heteroatoms. The van der Waals surface area contributed by atoms with E-state index in [0.29, 0.717) is 5.56 Å². The molecule has 0 bridgehead atoms. The molecule has 4 amide bonds. The molecule has 15 nitrogen and oxygen atoms in total. The lowest BCUT2D eigenvalue weighted by Crippen LogP contribution is -2.58. The summed E-state index contributed by atoms with van der Waals surface area (Å²) < 4.78 is 0. The highest BCUT2D eigenvalue weighted by molar-refractivity contribution is 5.97. The van der Waals surface area contributed by atoms with E-state index in [0.717, 1.165) is 0 Å². The van der Waals surface area contributed by atoms with Crippen LogP contribution < -0.4 is 27.4 Å². The van der Waals surface area contributed by atoms with E-state index in [4.69, 9.17) is 21.7 Å². The van der Waals surface area contributed by atoms with Gasteiger partial charge < -0.3 is 47.8 Å². The fourth-order valence-corrected chi connectivity index (χ4v) is 2.77. The molecule has 0 saturated heterocycles. The Labute approximate surface area is 198 Å². The highest BCUT2D eigenvalue weighted by Gasteiger charge is 2.32. The lowest BCUT2D eigenvalue weighted by molar-refractivity contribution is -0.143. The number of phenolic OH excluding ortho intramolecular Hbond substituents is 1. The summed E-state index contributed by atoms with van der Waals surface area (Å²) in [6.07, 6.45) is -1.93. The SMILES string of the molecule is NC(=O)CC(NC(=O)C(N)CO)C(=O)NC(CC(=O)O)C(=O)NC(Cc1ccc(O)cc1)C(=O)O. The molecule has 0 radical (unpaired) electrons. The number of nitrogens with two attached hydrogens (primary N) is 2. The van der Waals surface area contributed by atoms with Crippen LogP contribution in [0, 0.1) is 0 Å². The molecule has 0 aliphatic carbocycles. The Bertz CT molecular complexity index is 952. The Kier molecular flexibility index (Phi) is 11.1. The first-order chi connectivity index (χ1) is 16.3. The number of nitrogens with one attached hydrogen (secondary N) is 3. The zero-order chi connectivity index (χ0) is 26.7. The molecule has 35 heavy (non-hydrogen) atoms. The maximum absolute atomic E-state index is 12.7. The van der Waals surface area contributed by atoms with Crippen LogP contribution in [0.1, 0.15) is 18.4 Å². The maximum atomic E-state index is 12.7. The zero-order valence-electron chi connectivity index (χ0n) is 18.3. The molecule has 192 valence electrons. The molecule has 4 atom stereocenters. The summed E-state index contributed by atoms with van der Waals surface area (Å²) in [7, 11) is 0. The van der Waals surface area contributed by atoms with Gasteiger partial charge in [-0.3, -0.25) is 24.0 Å². The first-order valence-corrected chi connectivity index (χ1v) is 10.1. The number of hydrogen-bond acceptors (Lipinski definition) is 9. The molecule has 1 aromatic carbocycles. The van der Waals surface area contributed by atoms with E-state index in [1.165, 1.54) is 24.3 Å². The van der Waals surface area contributed by atoms with Crippen LogP contribution >= 0.6 is 0 Å². The van der Waals surface area contributed by atoms with Crippen molar-refractivity contribution in [2.24, 2.45) is 11.5 Å². The van der Waals surface area contributed by atoms with Gasteiger partial charge in [0.05, 0.1) is 19.4 Å². The minimum atomic E-state index is -1.79. The lowest BCUT2D eigenvalue weighted by Gasteiger charge is -2.24. The number of carbonyl (C=O) groups excluding carboxylic acids is 4. The van der Waals surface area contributed by atoms with Gasteiger partial charge in [-0.05, 0) is 17.7 Å². The highest BCUT2D eigenvalue weighted by Crippen LogP contribution is 2.12. The van der Waals surface area contributed by atoms with Crippen LogP contribution in [0.4, 0.5) is 0 Å². The molecule has 0 spiro atoms. The van der Waals surface area contributed by atoms with Gasteiger partial charge in [0, 0.05) is 6.42 Å². The Balaban J connectivity index is 3.03. The third-order valence-corrected chi connectivity index (χ3v) is 4.57. The minimum Gasteiger partial charge on any atom is -0.508 e. The van der Waals surface area contributed by atoms with Gasteiger partial charge in [0.25, 0.3) is 0 Å². The second kappa shape index (κ2) is 13.5. The first kappa shape index (κ1) is 28.8. The Morgan fingerprint density at radius 2 is 1.29 bits per heavy atom. The average Bonchev–Trinajstić information content (AvgIpc) is 2.77. The number of carboxylic acids is 2. The molecule has 0 aliphatic heterocycles. The van der Waals surface area contributed by atoms with E-state index < -0.39 is 79.2 Å². The number of hydrogen-bond donors (Lipinski definition) is 9. The van der Waals surface area contributed by atoms with Crippen LogP contribution in [-0.4, -0.2) is 86.8 Å². The van der Waals surface area contributed by atoms with Gasteiger partial charge in [-0.25, -0.2) is 4.79 Å². The van der Waals surface area contributed by atoms with Gasteiger partial charge in [-0.15, -0.1) is 0 Å². The molecule has 0 heterocycles. The van der Waals surface area contributed by atoms with Gasteiger partial charge in [0.2, 0.25) is 23.6 Å². The predicted molar refractivity (Wildman–Crippen MR) is 116 cm³/mol. The number of aliphatic hydroxyl groups is 1. The van der Waals surface area contributed by atoms with Gasteiger partial charge in [-0.1, -0.05) is 12.1 Å². The van der Waals surface area contributed by atoms with Crippen molar-refractivity contribution in [1.29, 1.82) is 0 Å². The average molecular weight is 497 g/mol. The molecule has 1 aromatic rings. The number of carboxylic acid groups (broad SMARTS) is 2. The third kappa shape index (κ3) is 10.1. The molecule has 0 fully saturated rings. The molecular formula is C20H27N5O10. The minimum absolute atomic E-state index is 0.0635. The maximum Gasteiger partial charge on any atom is 0.326 e. The lowest BCUT2D eigenvalue weighted by atomic mass is 10.0. The van der Waals surface area contributed by atoms with E-state index in [9.17, 15) is 39.0 Å². The van der Waals surface area contributed by atoms with Crippen molar-refractivity contribution in [3.8, 4) is 5.75 Å². The second-order valence-electron chi connectivity index (χ2n) is 7.45. The molecule has 0 aliphatic rings. The van der Waals surface area contributed by atoms with Crippen molar-refractivity contribution >= 4 is 35.6 Å². The normalized spacial score (nSPS) is 14.0. The zero-order valence-corrected chi connectivity index (χ0v) is 18.3. The molecule has 0 aromatic heterocycles. The number of aromatic hydroxyl groups is 1. The third-order valence-electron chi connectivity index (χ3n) is 4.57. The second-order valence-corrected chi connectivity index (χ2v) is 7.45. The molecular weight excluding hydrogens is 470 g/mol. The van der Waals surface area contributed by atoms with Gasteiger partial charge in [-0.2, -0.15) is 0 Å². The van der Waals surface area contributed by atoms with Gasteiger partial charge >= 0.3 is 11.9 Å². The standard InChI is InChI=1S/C20H27N5O10/c21-11(8-26)17(31)23-12(6-15(22)28)18(32)24-13(7-16(29)30)19(33)25-14(20(34)35)5-9-1-3-10(27)4-2-9/h1-4,11-14,26-27H,5-8,21H2,(H2,22,28)(H,23,31)(H,24,32)(H,25,33)(H,29,30)(H,34,35). The van der Waals surface area contributed by atoms with Crippen molar-refractivity contribution < 1.29 is 49.2 Å². The Morgan fingerprint density at radius 1 is 0.800 bits per heavy atom. The largest absolute Gasteiger partial charge is 0.508 e. The molecule has 4 unspecified atom stereocenters.